The zero-order valence-corrected chi connectivity index (χ0v) is 7.04. The van der Waals surface area contributed by atoms with E-state index in [9.17, 15) is 4.79 Å². The van der Waals surface area contributed by atoms with E-state index >= 15 is 0 Å². The normalized spacial score (nSPS) is 18.9. The van der Waals surface area contributed by atoms with Crippen LogP contribution >= 0.6 is 11.8 Å². The summed E-state index contributed by atoms with van der Waals surface area (Å²) in [5, 5.41) is 0. The summed E-state index contributed by atoms with van der Waals surface area (Å²) in [6.07, 6.45) is 6.84. The molecule has 0 N–H and O–H groups in total. The zero-order chi connectivity index (χ0) is 7.40. The van der Waals surface area contributed by atoms with Crippen LogP contribution in [0.3, 0.4) is 0 Å². The van der Waals surface area contributed by atoms with Crippen LogP contribution < -0.4 is 0 Å². The average Bonchev–Trinajstić information content (AvgIpc) is 1.88. The Labute approximate surface area is 65.9 Å². The molecule has 0 aromatic heterocycles. The first-order valence-electron chi connectivity index (χ1n) is 3.54. The zero-order valence-electron chi connectivity index (χ0n) is 6.22. The maximum atomic E-state index is 10.9. The van der Waals surface area contributed by atoms with Crippen molar-refractivity contribution < 1.29 is 4.79 Å². The second-order valence-electron chi connectivity index (χ2n) is 2.56. The van der Waals surface area contributed by atoms with E-state index < -0.39 is 0 Å². The van der Waals surface area contributed by atoms with Gasteiger partial charge < -0.3 is 0 Å². The molecular formula is C8H12OS. The lowest BCUT2D eigenvalue weighted by molar-refractivity contribution is -0.115. The number of ketones is 1. The summed E-state index contributed by atoms with van der Waals surface area (Å²) in [6, 6.07) is 0. The third kappa shape index (κ3) is 2.18. The molecule has 56 valence electrons. The fourth-order valence-corrected chi connectivity index (χ4v) is 1.76. The van der Waals surface area contributed by atoms with Crippen LogP contribution in [0.2, 0.25) is 0 Å². The lowest BCUT2D eigenvalue weighted by Gasteiger charge is -2.09. The molecule has 0 aliphatic heterocycles. The SMILES string of the molecule is CSCC1=CC(=O)CCC1. The van der Waals surface area contributed by atoms with Crippen LogP contribution in [0.25, 0.3) is 0 Å². The van der Waals surface area contributed by atoms with Gasteiger partial charge in [0.25, 0.3) is 0 Å². The number of hydrogen-bond acceptors (Lipinski definition) is 2. The molecule has 1 rings (SSSR count). The smallest absolute Gasteiger partial charge is 0.155 e. The van der Waals surface area contributed by atoms with Crippen molar-refractivity contribution in [2.24, 2.45) is 0 Å². The largest absolute Gasteiger partial charge is 0.295 e. The van der Waals surface area contributed by atoms with Crippen molar-refractivity contribution in [3.63, 3.8) is 0 Å². The molecule has 0 aromatic rings. The molecule has 0 heterocycles. The van der Waals surface area contributed by atoms with E-state index in [4.69, 9.17) is 0 Å². The summed E-state index contributed by atoms with van der Waals surface area (Å²) < 4.78 is 0. The first-order valence-corrected chi connectivity index (χ1v) is 4.93. The van der Waals surface area contributed by atoms with Gasteiger partial charge in [-0.3, -0.25) is 4.79 Å². The van der Waals surface area contributed by atoms with Gasteiger partial charge in [-0.05, 0) is 25.2 Å². The molecule has 0 amide bonds. The standard InChI is InChI=1S/C8H12OS/c1-10-6-7-3-2-4-8(9)5-7/h5H,2-4,6H2,1H3. The van der Waals surface area contributed by atoms with Gasteiger partial charge in [-0.1, -0.05) is 5.57 Å². The topological polar surface area (TPSA) is 17.1 Å². The van der Waals surface area contributed by atoms with Gasteiger partial charge in [0.15, 0.2) is 5.78 Å². The molecule has 1 aliphatic carbocycles. The fraction of sp³-hybridized carbons (Fsp3) is 0.625. The highest BCUT2D eigenvalue weighted by molar-refractivity contribution is 7.98. The van der Waals surface area contributed by atoms with Gasteiger partial charge in [0, 0.05) is 12.2 Å². The Morgan fingerprint density at radius 2 is 2.40 bits per heavy atom. The predicted octanol–water partition coefficient (Wildman–Crippen LogP) is 2.03. The van der Waals surface area contributed by atoms with E-state index in [1.807, 2.05) is 6.08 Å². The Balaban J connectivity index is 2.49. The average molecular weight is 156 g/mol. The van der Waals surface area contributed by atoms with E-state index in [-0.39, 0.29) is 0 Å². The van der Waals surface area contributed by atoms with E-state index in [1.165, 1.54) is 5.57 Å². The van der Waals surface area contributed by atoms with Crippen molar-refractivity contribution in [3.05, 3.63) is 11.6 Å². The van der Waals surface area contributed by atoms with Crippen LogP contribution in [-0.4, -0.2) is 17.8 Å². The number of carbonyl (C=O) groups excluding carboxylic acids is 1. The minimum Gasteiger partial charge on any atom is -0.295 e. The Morgan fingerprint density at radius 1 is 1.60 bits per heavy atom. The first-order chi connectivity index (χ1) is 4.83. The van der Waals surface area contributed by atoms with Crippen molar-refractivity contribution >= 4 is 17.5 Å². The van der Waals surface area contributed by atoms with Crippen molar-refractivity contribution in [2.75, 3.05) is 12.0 Å². The number of thioether (sulfide) groups is 1. The second kappa shape index (κ2) is 3.81. The van der Waals surface area contributed by atoms with Crippen LogP contribution in [0.5, 0.6) is 0 Å². The maximum Gasteiger partial charge on any atom is 0.155 e. The number of allylic oxidation sites excluding steroid dienone is 1. The van der Waals surface area contributed by atoms with Crippen molar-refractivity contribution in [1.82, 2.24) is 0 Å². The van der Waals surface area contributed by atoms with E-state index in [1.54, 1.807) is 11.8 Å². The Kier molecular flexibility index (Phi) is 3.00. The molecule has 0 unspecified atom stereocenters. The Bertz CT molecular complexity index is 161. The number of rotatable bonds is 2. The molecule has 0 bridgehead atoms. The molecule has 1 nitrogen and oxygen atoms in total. The number of hydrogen-bond donors (Lipinski definition) is 0. The molecule has 2 heteroatoms. The highest BCUT2D eigenvalue weighted by Crippen LogP contribution is 2.17. The minimum atomic E-state index is 0.315. The van der Waals surface area contributed by atoms with Crippen molar-refractivity contribution in [1.29, 1.82) is 0 Å². The van der Waals surface area contributed by atoms with Crippen LogP contribution in [0.15, 0.2) is 11.6 Å². The highest BCUT2D eigenvalue weighted by Gasteiger charge is 2.08. The summed E-state index contributed by atoms with van der Waals surface area (Å²) in [5.41, 5.74) is 1.32. The van der Waals surface area contributed by atoms with Gasteiger partial charge in [0.05, 0.1) is 0 Å². The lowest BCUT2D eigenvalue weighted by Crippen LogP contribution is -2.03. The highest BCUT2D eigenvalue weighted by atomic mass is 32.2. The van der Waals surface area contributed by atoms with Crippen LogP contribution in [-0.2, 0) is 4.79 Å². The van der Waals surface area contributed by atoms with Gasteiger partial charge in [-0.2, -0.15) is 11.8 Å². The molecule has 10 heavy (non-hydrogen) atoms. The van der Waals surface area contributed by atoms with Gasteiger partial charge in [0.1, 0.15) is 0 Å². The molecule has 0 saturated carbocycles. The molecule has 0 atom stereocenters. The van der Waals surface area contributed by atoms with E-state index in [0.717, 1.165) is 25.0 Å². The predicted molar refractivity (Wildman–Crippen MR) is 45.3 cm³/mol. The van der Waals surface area contributed by atoms with E-state index in [0.29, 0.717) is 5.78 Å². The number of carbonyl (C=O) groups is 1. The van der Waals surface area contributed by atoms with Crippen LogP contribution in [0, 0.1) is 0 Å². The molecule has 1 aliphatic rings. The molecule has 0 fully saturated rings. The molecule has 0 aromatic carbocycles. The van der Waals surface area contributed by atoms with Gasteiger partial charge >= 0.3 is 0 Å². The maximum absolute atomic E-state index is 10.9. The molecule has 0 saturated heterocycles. The quantitative estimate of drug-likeness (QED) is 0.608. The van der Waals surface area contributed by atoms with Crippen LogP contribution in [0.4, 0.5) is 0 Å². The lowest BCUT2D eigenvalue weighted by atomic mass is 10.0. The third-order valence-electron chi connectivity index (χ3n) is 1.62. The Hall–Kier alpha value is -0.240. The minimum absolute atomic E-state index is 0.315. The van der Waals surface area contributed by atoms with E-state index in [2.05, 4.69) is 6.26 Å². The summed E-state index contributed by atoms with van der Waals surface area (Å²) in [6.45, 7) is 0. The summed E-state index contributed by atoms with van der Waals surface area (Å²) >= 11 is 1.79. The summed E-state index contributed by atoms with van der Waals surface area (Å²) in [5.74, 6) is 1.35. The fourth-order valence-electron chi connectivity index (χ4n) is 1.16. The second-order valence-corrected chi connectivity index (χ2v) is 3.42. The molecule has 0 spiro atoms. The third-order valence-corrected chi connectivity index (χ3v) is 2.28. The van der Waals surface area contributed by atoms with Gasteiger partial charge in [-0.15, -0.1) is 0 Å². The summed E-state index contributed by atoms with van der Waals surface area (Å²) in [7, 11) is 0. The molecule has 0 radical (unpaired) electrons. The summed E-state index contributed by atoms with van der Waals surface area (Å²) in [4.78, 5) is 10.9. The first kappa shape index (κ1) is 7.86. The Morgan fingerprint density at radius 3 is 3.00 bits per heavy atom. The van der Waals surface area contributed by atoms with Gasteiger partial charge in [-0.25, -0.2) is 0 Å². The monoisotopic (exact) mass is 156 g/mol. The molecular weight excluding hydrogens is 144 g/mol. The van der Waals surface area contributed by atoms with Gasteiger partial charge in [0.2, 0.25) is 0 Å². The van der Waals surface area contributed by atoms with Crippen LogP contribution in [0.1, 0.15) is 19.3 Å². The van der Waals surface area contributed by atoms with Crippen molar-refractivity contribution in [2.45, 2.75) is 19.3 Å². The van der Waals surface area contributed by atoms with Crippen molar-refractivity contribution in [3.8, 4) is 0 Å².